The molecule has 0 aliphatic heterocycles. The van der Waals surface area contributed by atoms with E-state index >= 15 is 0 Å². The molecular weight excluding hydrogens is 396 g/mol. The van der Waals surface area contributed by atoms with Crippen LogP contribution in [0.2, 0.25) is 0 Å². The fourth-order valence-electron chi connectivity index (χ4n) is 3.20. The van der Waals surface area contributed by atoms with E-state index in [2.05, 4.69) is 65.4 Å². The van der Waals surface area contributed by atoms with Crippen molar-refractivity contribution in [2.75, 3.05) is 14.1 Å². The number of aliphatic imine (C=N–C) groups is 1. The lowest BCUT2D eigenvalue weighted by atomic mass is 10.00. The molecule has 0 aromatic heterocycles. The van der Waals surface area contributed by atoms with Crippen molar-refractivity contribution in [1.29, 1.82) is 0 Å². The van der Waals surface area contributed by atoms with Crippen LogP contribution in [0, 0.1) is 5.92 Å². The third kappa shape index (κ3) is 7.80. The monoisotopic (exact) mass is 430 g/mol. The van der Waals surface area contributed by atoms with Gasteiger partial charge in [-0.05, 0) is 48.6 Å². The summed E-state index contributed by atoms with van der Waals surface area (Å²) in [7, 11) is -0.122. The van der Waals surface area contributed by atoms with Crippen molar-refractivity contribution < 1.29 is 8.42 Å². The zero-order valence-corrected chi connectivity index (χ0v) is 19.4. The van der Waals surface area contributed by atoms with Crippen LogP contribution >= 0.6 is 0 Å². The topological polar surface area (TPSA) is 82.6 Å². The van der Waals surface area contributed by atoms with Crippen molar-refractivity contribution in [3.05, 3.63) is 70.8 Å². The van der Waals surface area contributed by atoms with Crippen LogP contribution in [-0.4, -0.2) is 28.5 Å². The number of guanidine groups is 1. The number of rotatable bonds is 9. The Hall–Kier alpha value is -2.38. The number of sulfonamides is 1. The lowest BCUT2D eigenvalue weighted by Gasteiger charge is -2.19. The van der Waals surface area contributed by atoms with Crippen LogP contribution < -0.4 is 15.4 Å². The van der Waals surface area contributed by atoms with E-state index in [1.54, 1.807) is 7.05 Å². The van der Waals surface area contributed by atoms with E-state index in [0.717, 1.165) is 17.5 Å². The number of hydrogen-bond acceptors (Lipinski definition) is 3. The molecule has 0 saturated carbocycles. The van der Waals surface area contributed by atoms with Crippen LogP contribution in [-0.2, 0) is 28.7 Å². The van der Waals surface area contributed by atoms with Gasteiger partial charge in [0.1, 0.15) is 0 Å². The smallest absolute Gasteiger partial charge is 0.215 e. The molecule has 0 aliphatic carbocycles. The molecule has 3 N–H and O–H groups in total. The maximum absolute atomic E-state index is 11.8. The molecule has 0 aliphatic rings. The Labute approximate surface area is 181 Å². The Morgan fingerprint density at radius 1 is 1.00 bits per heavy atom. The van der Waals surface area contributed by atoms with Crippen molar-refractivity contribution in [2.24, 2.45) is 10.9 Å². The van der Waals surface area contributed by atoms with Gasteiger partial charge in [0, 0.05) is 13.6 Å². The quantitative estimate of drug-likeness (QED) is 0.421. The fraction of sp³-hybridized carbons (Fsp3) is 0.435. The van der Waals surface area contributed by atoms with Crippen LogP contribution in [0.1, 0.15) is 49.1 Å². The minimum Gasteiger partial charge on any atom is -0.352 e. The van der Waals surface area contributed by atoms with Crippen LogP contribution in [0.5, 0.6) is 0 Å². The van der Waals surface area contributed by atoms with Crippen molar-refractivity contribution in [2.45, 2.75) is 45.5 Å². The standard InChI is InChI=1S/C23H34N4O2S/c1-17(2)13-19-9-11-22(12-10-19)18(3)27-23(24-4)26-15-20-7-6-8-21(14-20)16-30(28,29)25-5/h6-12,14,17-18,25H,13,15-16H2,1-5H3,(H2,24,26,27). The summed E-state index contributed by atoms with van der Waals surface area (Å²) < 4.78 is 25.9. The summed E-state index contributed by atoms with van der Waals surface area (Å²) in [6.07, 6.45) is 1.08. The molecule has 0 bridgehead atoms. The molecule has 2 rings (SSSR count). The van der Waals surface area contributed by atoms with Crippen molar-refractivity contribution in [3.63, 3.8) is 0 Å². The van der Waals surface area contributed by atoms with Gasteiger partial charge in [0.15, 0.2) is 5.96 Å². The largest absolute Gasteiger partial charge is 0.352 e. The highest BCUT2D eigenvalue weighted by atomic mass is 32.2. The molecule has 1 atom stereocenters. The van der Waals surface area contributed by atoms with E-state index in [9.17, 15) is 8.42 Å². The predicted octanol–water partition coefficient (Wildman–Crippen LogP) is 3.36. The molecule has 6 nitrogen and oxygen atoms in total. The summed E-state index contributed by atoms with van der Waals surface area (Å²) in [5.74, 6) is 1.31. The second-order valence-electron chi connectivity index (χ2n) is 7.91. The predicted molar refractivity (Wildman–Crippen MR) is 125 cm³/mol. The summed E-state index contributed by atoms with van der Waals surface area (Å²) in [6, 6.07) is 16.4. The fourth-order valence-corrected chi connectivity index (χ4v) is 3.97. The Bertz CT molecular complexity index is 938. The summed E-state index contributed by atoms with van der Waals surface area (Å²) in [4.78, 5) is 4.31. The molecule has 164 valence electrons. The molecule has 0 heterocycles. The molecule has 30 heavy (non-hydrogen) atoms. The van der Waals surface area contributed by atoms with Crippen molar-refractivity contribution in [1.82, 2.24) is 15.4 Å². The van der Waals surface area contributed by atoms with Crippen LogP contribution in [0.15, 0.2) is 53.5 Å². The van der Waals surface area contributed by atoms with Gasteiger partial charge in [0.25, 0.3) is 0 Å². The number of benzene rings is 2. The van der Waals surface area contributed by atoms with Gasteiger partial charge in [-0.2, -0.15) is 0 Å². The summed E-state index contributed by atoms with van der Waals surface area (Å²) >= 11 is 0. The zero-order chi connectivity index (χ0) is 22.1. The average molecular weight is 431 g/mol. The molecule has 0 amide bonds. The summed E-state index contributed by atoms with van der Waals surface area (Å²) in [6.45, 7) is 7.10. The highest BCUT2D eigenvalue weighted by Gasteiger charge is 2.10. The van der Waals surface area contributed by atoms with E-state index in [4.69, 9.17) is 0 Å². The normalized spacial score (nSPS) is 13.3. The second-order valence-corrected chi connectivity index (χ2v) is 9.84. The molecular formula is C23H34N4O2S. The first kappa shape index (κ1) is 23.9. The number of hydrogen-bond donors (Lipinski definition) is 3. The van der Waals surface area contributed by atoms with E-state index in [0.29, 0.717) is 18.4 Å². The van der Waals surface area contributed by atoms with Crippen LogP contribution in [0.4, 0.5) is 0 Å². The summed E-state index contributed by atoms with van der Waals surface area (Å²) in [5, 5.41) is 6.71. The Morgan fingerprint density at radius 2 is 1.67 bits per heavy atom. The van der Waals surface area contributed by atoms with Gasteiger partial charge < -0.3 is 10.6 Å². The molecule has 1 unspecified atom stereocenters. The minimum absolute atomic E-state index is 0.0336. The van der Waals surface area contributed by atoms with Gasteiger partial charge in [-0.1, -0.05) is 62.4 Å². The third-order valence-electron chi connectivity index (χ3n) is 4.82. The maximum Gasteiger partial charge on any atom is 0.215 e. The Morgan fingerprint density at radius 3 is 2.27 bits per heavy atom. The summed E-state index contributed by atoms with van der Waals surface area (Å²) in [5.41, 5.74) is 4.29. The maximum atomic E-state index is 11.8. The van der Waals surface area contributed by atoms with E-state index < -0.39 is 10.0 Å². The SMILES string of the molecule is CN=C(NCc1cccc(CS(=O)(=O)NC)c1)NC(C)c1ccc(CC(C)C)cc1. The lowest BCUT2D eigenvalue weighted by molar-refractivity contribution is 0.587. The highest BCUT2D eigenvalue weighted by Crippen LogP contribution is 2.15. The molecule has 0 spiro atoms. The minimum atomic E-state index is -3.29. The number of nitrogens with zero attached hydrogens (tertiary/aromatic N) is 1. The average Bonchev–Trinajstić information content (AvgIpc) is 2.71. The van der Waals surface area contributed by atoms with Gasteiger partial charge in [-0.25, -0.2) is 13.1 Å². The first-order valence-corrected chi connectivity index (χ1v) is 11.9. The lowest BCUT2D eigenvalue weighted by Crippen LogP contribution is -2.38. The molecule has 0 fully saturated rings. The second kappa shape index (κ2) is 11.1. The Kier molecular flexibility index (Phi) is 8.87. The van der Waals surface area contributed by atoms with Gasteiger partial charge in [0.2, 0.25) is 10.0 Å². The first-order valence-electron chi connectivity index (χ1n) is 10.3. The van der Waals surface area contributed by atoms with Crippen LogP contribution in [0.25, 0.3) is 0 Å². The third-order valence-corrected chi connectivity index (χ3v) is 6.15. The van der Waals surface area contributed by atoms with Gasteiger partial charge in [-0.15, -0.1) is 0 Å². The molecule has 7 heteroatoms. The van der Waals surface area contributed by atoms with Gasteiger partial charge in [0.05, 0.1) is 11.8 Å². The first-order chi connectivity index (χ1) is 14.2. The van der Waals surface area contributed by atoms with Gasteiger partial charge >= 0.3 is 0 Å². The molecule has 0 saturated heterocycles. The van der Waals surface area contributed by atoms with Gasteiger partial charge in [-0.3, -0.25) is 4.99 Å². The van der Waals surface area contributed by atoms with E-state index in [1.165, 1.54) is 18.2 Å². The zero-order valence-electron chi connectivity index (χ0n) is 18.6. The van der Waals surface area contributed by atoms with Crippen LogP contribution in [0.3, 0.4) is 0 Å². The number of nitrogens with one attached hydrogen (secondary N) is 3. The Balaban J connectivity index is 1.95. The molecule has 2 aromatic carbocycles. The molecule has 0 radical (unpaired) electrons. The molecule has 2 aromatic rings. The van der Waals surface area contributed by atoms with Crippen molar-refractivity contribution in [3.8, 4) is 0 Å². The highest BCUT2D eigenvalue weighted by molar-refractivity contribution is 7.88. The van der Waals surface area contributed by atoms with E-state index in [-0.39, 0.29) is 11.8 Å². The van der Waals surface area contributed by atoms with Crippen molar-refractivity contribution >= 4 is 16.0 Å². The van der Waals surface area contributed by atoms with E-state index in [1.807, 2.05) is 24.3 Å².